The number of hydrogen-bond acceptors (Lipinski definition) is 4. The molecule has 1 N–H and O–H groups in total. The molecule has 0 spiro atoms. The molecular formula is C13H29NO3Si. The van der Waals surface area contributed by atoms with Crippen LogP contribution in [-0.2, 0) is 13.3 Å². The van der Waals surface area contributed by atoms with E-state index in [2.05, 4.69) is 11.9 Å². The average Bonchev–Trinajstić information content (AvgIpc) is 2.29. The fraction of sp³-hybridized carbons (Fsp3) is 0.846. The lowest BCUT2D eigenvalue weighted by Gasteiger charge is -2.28. The molecule has 0 aliphatic heterocycles. The van der Waals surface area contributed by atoms with Crippen molar-refractivity contribution in [1.82, 2.24) is 5.32 Å². The third-order valence-electron chi connectivity index (χ3n) is 2.36. The summed E-state index contributed by atoms with van der Waals surface area (Å²) in [7, 11) is -2.44. The van der Waals surface area contributed by atoms with E-state index in [-0.39, 0.29) is 0 Å². The Morgan fingerprint density at radius 1 is 1.06 bits per heavy atom. The maximum absolute atomic E-state index is 5.79. The van der Waals surface area contributed by atoms with Crippen LogP contribution in [0.15, 0.2) is 12.2 Å². The first-order chi connectivity index (χ1) is 8.60. The predicted octanol–water partition coefficient (Wildman–Crippen LogP) is 2.59. The van der Waals surface area contributed by atoms with Gasteiger partial charge in [0.05, 0.1) is 0 Å². The molecule has 0 saturated carbocycles. The molecule has 0 unspecified atom stereocenters. The highest BCUT2D eigenvalue weighted by molar-refractivity contribution is 6.60. The lowest BCUT2D eigenvalue weighted by Crippen LogP contribution is -2.46. The Morgan fingerprint density at radius 2 is 1.56 bits per heavy atom. The van der Waals surface area contributed by atoms with E-state index in [9.17, 15) is 0 Å². The summed E-state index contributed by atoms with van der Waals surface area (Å²) in [5.74, 6) is 0. The summed E-state index contributed by atoms with van der Waals surface area (Å²) in [6.07, 6.45) is 1.000. The number of rotatable bonds is 12. The molecule has 0 aromatic heterocycles. The van der Waals surface area contributed by atoms with Crippen LogP contribution in [0.3, 0.4) is 0 Å². The van der Waals surface area contributed by atoms with Crippen molar-refractivity contribution < 1.29 is 13.3 Å². The maximum Gasteiger partial charge on any atom is 0.500 e. The van der Waals surface area contributed by atoms with Crippen LogP contribution in [0.1, 0.15) is 34.1 Å². The molecule has 0 bridgehead atoms. The van der Waals surface area contributed by atoms with Crippen molar-refractivity contribution in [3.63, 3.8) is 0 Å². The van der Waals surface area contributed by atoms with E-state index in [4.69, 9.17) is 13.3 Å². The summed E-state index contributed by atoms with van der Waals surface area (Å²) in [4.78, 5) is 0. The second-order valence-electron chi connectivity index (χ2n) is 4.22. The normalized spacial score (nSPS) is 11.8. The Hall–Kier alpha value is -0.203. The van der Waals surface area contributed by atoms with Crippen LogP contribution in [0.4, 0.5) is 0 Å². The van der Waals surface area contributed by atoms with Crippen LogP contribution in [0, 0.1) is 0 Å². The molecule has 0 fully saturated rings. The monoisotopic (exact) mass is 275 g/mol. The van der Waals surface area contributed by atoms with E-state index in [0.717, 1.165) is 31.1 Å². The summed E-state index contributed by atoms with van der Waals surface area (Å²) >= 11 is 0. The topological polar surface area (TPSA) is 39.7 Å². The minimum absolute atomic E-state index is 0.644. The summed E-state index contributed by atoms with van der Waals surface area (Å²) in [6.45, 7) is 15.6. The highest BCUT2D eigenvalue weighted by atomic mass is 28.4. The molecule has 0 aliphatic carbocycles. The summed E-state index contributed by atoms with van der Waals surface area (Å²) in [5.41, 5.74) is 1.15. The third-order valence-corrected chi connectivity index (χ3v) is 5.51. The first kappa shape index (κ1) is 17.8. The van der Waals surface area contributed by atoms with Gasteiger partial charge in [0, 0.05) is 32.4 Å². The van der Waals surface area contributed by atoms with Gasteiger partial charge >= 0.3 is 8.80 Å². The van der Waals surface area contributed by atoms with Crippen LogP contribution in [-0.4, -0.2) is 41.7 Å². The summed E-state index contributed by atoms with van der Waals surface area (Å²) in [5, 5.41) is 3.34. The predicted molar refractivity (Wildman–Crippen MR) is 77.7 cm³/mol. The fourth-order valence-corrected chi connectivity index (χ4v) is 4.35. The van der Waals surface area contributed by atoms with E-state index in [1.165, 1.54) is 0 Å². The van der Waals surface area contributed by atoms with Crippen molar-refractivity contribution in [2.45, 2.75) is 40.2 Å². The molecule has 0 aromatic carbocycles. The van der Waals surface area contributed by atoms with Gasteiger partial charge < -0.3 is 18.6 Å². The Morgan fingerprint density at radius 3 is 1.94 bits per heavy atom. The van der Waals surface area contributed by atoms with Crippen molar-refractivity contribution in [2.75, 3.05) is 32.9 Å². The van der Waals surface area contributed by atoms with Crippen molar-refractivity contribution in [3.05, 3.63) is 12.2 Å². The molecule has 0 rings (SSSR count). The van der Waals surface area contributed by atoms with Crippen LogP contribution in [0.2, 0.25) is 6.04 Å². The largest absolute Gasteiger partial charge is 0.500 e. The van der Waals surface area contributed by atoms with Crippen molar-refractivity contribution in [3.8, 4) is 0 Å². The van der Waals surface area contributed by atoms with Crippen LogP contribution < -0.4 is 5.32 Å². The molecule has 0 radical (unpaired) electrons. The third kappa shape index (κ3) is 8.00. The smallest absolute Gasteiger partial charge is 0.374 e. The van der Waals surface area contributed by atoms with E-state index in [0.29, 0.717) is 19.8 Å². The lowest BCUT2D eigenvalue weighted by atomic mass is 10.3. The molecule has 108 valence electrons. The van der Waals surface area contributed by atoms with Gasteiger partial charge in [0.25, 0.3) is 0 Å². The maximum atomic E-state index is 5.79. The number of nitrogens with one attached hydrogen (secondary N) is 1. The van der Waals surface area contributed by atoms with Crippen molar-refractivity contribution >= 4 is 8.80 Å². The Balaban J connectivity index is 4.08. The SMILES string of the molecule is C=C(C)CNCCC[Si](OCC)(OCC)OCC. The molecular weight excluding hydrogens is 246 g/mol. The van der Waals surface area contributed by atoms with Gasteiger partial charge in [-0.05, 0) is 40.7 Å². The van der Waals surface area contributed by atoms with Crippen molar-refractivity contribution in [2.24, 2.45) is 0 Å². The van der Waals surface area contributed by atoms with Crippen molar-refractivity contribution in [1.29, 1.82) is 0 Å². The van der Waals surface area contributed by atoms with E-state index < -0.39 is 8.80 Å². The molecule has 5 heteroatoms. The Kier molecular flexibility index (Phi) is 10.6. The Labute approximate surface area is 113 Å². The Bertz CT molecular complexity index is 207. The zero-order valence-corrected chi connectivity index (χ0v) is 13.4. The fourth-order valence-electron chi connectivity index (χ4n) is 1.73. The molecule has 4 nitrogen and oxygen atoms in total. The van der Waals surface area contributed by atoms with Gasteiger partial charge in [-0.3, -0.25) is 0 Å². The molecule has 0 aromatic rings. The average molecular weight is 275 g/mol. The van der Waals surface area contributed by atoms with Gasteiger partial charge in [-0.15, -0.1) is 0 Å². The van der Waals surface area contributed by atoms with Crippen LogP contribution in [0.25, 0.3) is 0 Å². The van der Waals surface area contributed by atoms with E-state index in [1.807, 2.05) is 27.7 Å². The quantitative estimate of drug-likeness (QED) is 0.338. The first-order valence-electron chi connectivity index (χ1n) is 6.87. The van der Waals surface area contributed by atoms with Gasteiger partial charge in [0.2, 0.25) is 0 Å². The summed E-state index contributed by atoms with van der Waals surface area (Å²) < 4.78 is 17.4. The first-order valence-corrected chi connectivity index (χ1v) is 8.80. The standard InChI is InChI=1S/C13H29NO3Si/c1-6-15-18(16-7-2,17-8-3)11-9-10-14-12-13(4)5/h14H,4,6-12H2,1-3,5H3. The minimum Gasteiger partial charge on any atom is -0.374 e. The highest BCUT2D eigenvalue weighted by Gasteiger charge is 2.39. The van der Waals surface area contributed by atoms with Crippen LogP contribution in [0.5, 0.6) is 0 Å². The lowest BCUT2D eigenvalue weighted by molar-refractivity contribution is 0.0708. The second kappa shape index (κ2) is 10.7. The van der Waals surface area contributed by atoms with Gasteiger partial charge in [-0.2, -0.15) is 0 Å². The molecule has 18 heavy (non-hydrogen) atoms. The second-order valence-corrected chi connectivity index (χ2v) is 6.95. The van der Waals surface area contributed by atoms with Gasteiger partial charge in [0.1, 0.15) is 0 Å². The van der Waals surface area contributed by atoms with Gasteiger partial charge in [-0.1, -0.05) is 12.2 Å². The molecule has 0 atom stereocenters. The highest BCUT2D eigenvalue weighted by Crippen LogP contribution is 2.17. The zero-order valence-electron chi connectivity index (χ0n) is 12.4. The van der Waals surface area contributed by atoms with E-state index in [1.54, 1.807) is 0 Å². The van der Waals surface area contributed by atoms with Gasteiger partial charge in [-0.25, -0.2) is 0 Å². The molecule has 0 heterocycles. The van der Waals surface area contributed by atoms with Gasteiger partial charge in [0.15, 0.2) is 0 Å². The molecule has 0 amide bonds. The zero-order chi connectivity index (χ0) is 13.9. The minimum atomic E-state index is -2.44. The van der Waals surface area contributed by atoms with Crippen LogP contribution >= 0.6 is 0 Å². The molecule has 0 aliphatic rings. The molecule has 0 saturated heterocycles. The number of hydrogen-bond donors (Lipinski definition) is 1. The summed E-state index contributed by atoms with van der Waals surface area (Å²) in [6, 6.07) is 0.867. The van der Waals surface area contributed by atoms with E-state index >= 15 is 0 Å².